The lowest BCUT2D eigenvalue weighted by Crippen LogP contribution is -2.38. The highest BCUT2D eigenvalue weighted by atomic mass is 16.5. The number of aliphatic hydroxyl groups excluding tert-OH is 1. The summed E-state index contributed by atoms with van der Waals surface area (Å²) in [5.41, 5.74) is 1.11. The van der Waals surface area contributed by atoms with Gasteiger partial charge in [0.1, 0.15) is 5.75 Å². The number of rotatable bonds is 4. The maximum atomic E-state index is 9.58. The molecule has 1 atom stereocenters. The first kappa shape index (κ1) is 13.2. The van der Waals surface area contributed by atoms with E-state index in [2.05, 4.69) is 24.8 Å². The molecule has 1 heterocycles. The molecule has 0 bridgehead atoms. The minimum absolute atomic E-state index is 0.0442. The molecule has 1 aromatic rings. The molecule has 0 aromatic heterocycles. The van der Waals surface area contributed by atoms with Gasteiger partial charge in [0.05, 0.1) is 18.9 Å². The van der Waals surface area contributed by atoms with E-state index >= 15 is 0 Å². The van der Waals surface area contributed by atoms with Crippen LogP contribution in [0.4, 0.5) is 5.69 Å². The Balaban J connectivity index is 2.23. The molecule has 0 amide bonds. The fraction of sp³-hybridized carbons (Fsp3) is 0.600. The second-order valence-electron chi connectivity index (χ2n) is 5.41. The summed E-state index contributed by atoms with van der Waals surface area (Å²) in [6.07, 6.45) is 2.00. The summed E-state index contributed by atoms with van der Waals surface area (Å²) in [7, 11) is 0. The molecular formula is C15H23NO2. The molecule has 0 fully saturated rings. The molecule has 3 heteroatoms. The van der Waals surface area contributed by atoms with Crippen LogP contribution in [-0.4, -0.2) is 31.4 Å². The van der Waals surface area contributed by atoms with Gasteiger partial charge >= 0.3 is 0 Å². The zero-order chi connectivity index (χ0) is 13.0. The van der Waals surface area contributed by atoms with Crippen LogP contribution in [0.25, 0.3) is 0 Å². The zero-order valence-corrected chi connectivity index (χ0v) is 11.4. The molecule has 0 aliphatic carbocycles. The summed E-state index contributed by atoms with van der Waals surface area (Å²) in [4.78, 5) is 2.35. The quantitative estimate of drug-likeness (QED) is 0.890. The van der Waals surface area contributed by atoms with E-state index in [1.807, 2.05) is 18.2 Å². The topological polar surface area (TPSA) is 32.7 Å². The average molecular weight is 249 g/mol. The van der Waals surface area contributed by atoms with Crippen LogP contribution in [0.1, 0.15) is 26.7 Å². The predicted octanol–water partition coefficient (Wildman–Crippen LogP) is 2.68. The van der Waals surface area contributed by atoms with Gasteiger partial charge < -0.3 is 14.7 Å². The van der Waals surface area contributed by atoms with E-state index in [0.717, 1.165) is 44.0 Å². The number of benzene rings is 1. The van der Waals surface area contributed by atoms with Crippen molar-refractivity contribution in [3.63, 3.8) is 0 Å². The van der Waals surface area contributed by atoms with Crippen molar-refractivity contribution in [1.29, 1.82) is 0 Å². The lowest BCUT2D eigenvalue weighted by Gasteiger charge is -2.34. The third-order valence-corrected chi connectivity index (χ3v) is 3.84. The van der Waals surface area contributed by atoms with Gasteiger partial charge in [-0.15, -0.1) is 0 Å². The van der Waals surface area contributed by atoms with Gasteiger partial charge in [0.25, 0.3) is 0 Å². The third kappa shape index (κ3) is 2.78. The highest BCUT2D eigenvalue weighted by Crippen LogP contribution is 2.33. The van der Waals surface area contributed by atoms with Crippen molar-refractivity contribution in [3.8, 4) is 5.75 Å². The van der Waals surface area contributed by atoms with Crippen molar-refractivity contribution in [2.45, 2.75) is 26.7 Å². The van der Waals surface area contributed by atoms with Gasteiger partial charge in [0.15, 0.2) is 0 Å². The molecule has 0 saturated heterocycles. The SMILES string of the molecule is CCC(C)(CO)CN1CCCOc2ccccc21. The first-order chi connectivity index (χ1) is 8.68. The molecular weight excluding hydrogens is 226 g/mol. The second kappa shape index (κ2) is 5.61. The van der Waals surface area contributed by atoms with Gasteiger partial charge in [-0.1, -0.05) is 26.0 Å². The number of fused-ring (bicyclic) bond motifs is 1. The first-order valence-electron chi connectivity index (χ1n) is 6.76. The van der Waals surface area contributed by atoms with E-state index in [1.54, 1.807) is 0 Å². The van der Waals surface area contributed by atoms with Crippen molar-refractivity contribution in [2.24, 2.45) is 5.41 Å². The molecule has 1 aliphatic rings. The highest BCUT2D eigenvalue weighted by Gasteiger charge is 2.26. The molecule has 1 unspecified atom stereocenters. The van der Waals surface area contributed by atoms with E-state index in [0.29, 0.717) is 0 Å². The Morgan fingerprint density at radius 1 is 1.39 bits per heavy atom. The molecule has 18 heavy (non-hydrogen) atoms. The molecule has 1 aromatic carbocycles. The molecule has 3 nitrogen and oxygen atoms in total. The minimum Gasteiger partial charge on any atom is -0.491 e. The number of para-hydroxylation sites is 2. The number of hydrogen-bond acceptors (Lipinski definition) is 3. The van der Waals surface area contributed by atoms with E-state index in [1.165, 1.54) is 0 Å². The van der Waals surface area contributed by atoms with Crippen LogP contribution in [0.15, 0.2) is 24.3 Å². The molecule has 2 rings (SSSR count). The van der Waals surface area contributed by atoms with E-state index in [4.69, 9.17) is 4.74 Å². The van der Waals surface area contributed by atoms with Crippen LogP contribution in [0.2, 0.25) is 0 Å². The van der Waals surface area contributed by atoms with Crippen LogP contribution >= 0.6 is 0 Å². The zero-order valence-electron chi connectivity index (χ0n) is 11.4. The summed E-state index contributed by atoms with van der Waals surface area (Å²) in [6.45, 7) is 7.14. The van der Waals surface area contributed by atoms with Gasteiger partial charge in [0, 0.05) is 18.5 Å². The lowest BCUT2D eigenvalue weighted by molar-refractivity contribution is 0.142. The predicted molar refractivity (Wildman–Crippen MR) is 74.3 cm³/mol. The molecule has 0 spiro atoms. The maximum absolute atomic E-state index is 9.58. The fourth-order valence-electron chi connectivity index (χ4n) is 2.30. The van der Waals surface area contributed by atoms with Crippen LogP contribution in [0.5, 0.6) is 5.75 Å². The summed E-state index contributed by atoms with van der Waals surface area (Å²) < 4.78 is 5.76. The number of aliphatic hydroxyl groups is 1. The van der Waals surface area contributed by atoms with Crippen molar-refractivity contribution in [2.75, 3.05) is 31.2 Å². The Bertz CT molecular complexity index is 388. The van der Waals surface area contributed by atoms with E-state index in [-0.39, 0.29) is 12.0 Å². The van der Waals surface area contributed by atoms with Gasteiger partial charge in [-0.05, 0) is 25.0 Å². The van der Waals surface area contributed by atoms with Crippen LogP contribution in [0, 0.1) is 5.41 Å². The summed E-state index contributed by atoms with van der Waals surface area (Å²) in [6, 6.07) is 8.18. The Morgan fingerprint density at radius 2 is 2.17 bits per heavy atom. The maximum Gasteiger partial charge on any atom is 0.142 e. The molecule has 0 saturated carbocycles. The van der Waals surface area contributed by atoms with Crippen molar-refractivity contribution >= 4 is 5.69 Å². The lowest BCUT2D eigenvalue weighted by atomic mass is 9.87. The normalized spacial score (nSPS) is 18.5. The summed E-state index contributed by atoms with van der Waals surface area (Å²) in [5, 5.41) is 9.58. The van der Waals surface area contributed by atoms with E-state index in [9.17, 15) is 5.11 Å². The third-order valence-electron chi connectivity index (χ3n) is 3.84. The Kier molecular flexibility index (Phi) is 4.12. The minimum atomic E-state index is -0.0442. The van der Waals surface area contributed by atoms with Gasteiger partial charge in [-0.3, -0.25) is 0 Å². The van der Waals surface area contributed by atoms with Crippen LogP contribution in [-0.2, 0) is 0 Å². The van der Waals surface area contributed by atoms with Crippen LogP contribution < -0.4 is 9.64 Å². The van der Waals surface area contributed by atoms with Gasteiger partial charge in [-0.25, -0.2) is 0 Å². The van der Waals surface area contributed by atoms with Crippen molar-refractivity contribution < 1.29 is 9.84 Å². The summed E-state index contributed by atoms with van der Waals surface area (Å²) in [5.74, 6) is 0.964. The molecule has 1 N–H and O–H groups in total. The molecule has 100 valence electrons. The fourth-order valence-corrected chi connectivity index (χ4v) is 2.30. The number of nitrogens with zero attached hydrogens (tertiary/aromatic N) is 1. The van der Waals surface area contributed by atoms with Crippen molar-refractivity contribution in [3.05, 3.63) is 24.3 Å². The number of hydrogen-bond donors (Lipinski definition) is 1. The van der Waals surface area contributed by atoms with E-state index < -0.39 is 0 Å². The Morgan fingerprint density at radius 3 is 2.89 bits per heavy atom. The smallest absolute Gasteiger partial charge is 0.142 e. The number of anilines is 1. The largest absolute Gasteiger partial charge is 0.491 e. The highest BCUT2D eigenvalue weighted by molar-refractivity contribution is 5.59. The Hall–Kier alpha value is -1.22. The van der Waals surface area contributed by atoms with Gasteiger partial charge in [0.2, 0.25) is 0 Å². The average Bonchev–Trinajstić information content (AvgIpc) is 2.61. The number of ether oxygens (including phenoxy) is 1. The van der Waals surface area contributed by atoms with Gasteiger partial charge in [-0.2, -0.15) is 0 Å². The second-order valence-corrected chi connectivity index (χ2v) is 5.41. The standard InChI is InChI=1S/C15H23NO2/c1-3-15(2,12-17)11-16-9-6-10-18-14-8-5-4-7-13(14)16/h4-5,7-8,17H,3,6,9-12H2,1-2H3. The summed E-state index contributed by atoms with van der Waals surface area (Å²) >= 11 is 0. The van der Waals surface area contributed by atoms with Crippen molar-refractivity contribution in [1.82, 2.24) is 0 Å². The monoisotopic (exact) mass is 249 g/mol. The molecule has 0 radical (unpaired) electrons. The van der Waals surface area contributed by atoms with Crippen LogP contribution in [0.3, 0.4) is 0 Å². The first-order valence-corrected chi connectivity index (χ1v) is 6.76. The molecule has 1 aliphatic heterocycles. The Labute approximate surface area is 109 Å².